The number of tetrazole rings is 1. The lowest BCUT2D eigenvalue weighted by Gasteiger charge is -2.21. The second kappa shape index (κ2) is 9.05. The van der Waals surface area contributed by atoms with E-state index in [4.69, 9.17) is 9.15 Å². The van der Waals surface area contributed by atoms with Crippen molar-refractivity contribution in [2.75, 3.05) is 6.61 Å². The third kappa shape index (κ3) is 4.63. The summed E-state index contributed by atoms with van der Waals surface area (Å²) in [4.78, 5) is 17.9. The van der Waals surface area contributed by atoms with Crippen molar-refractivity contribution in [1.29, 1.82) is 0 Å². The molecule has 9 heteroatoms. The van der Waals surface area contributed by atoms with Gasteiger partial charge < -0.3 is 14.1 Å². The van der Waals surface area contributed by atoms with Crippen LogP contribution in [-0.4, -0.2) is 42.8 Å². The van der Waals surface area contributed by atoms with Crippen LogP contribution in [0.15, 0.2) is 51.9 Å². The summed E-state index contributed by atoms with van der Waals surface area (Å²) in [5.41, 5.74) is 2.58. The molecule has 0 saturated carbocycles. The molecular weight excluding hydrogens is 408 g/mol. The molecule has 0 spiro atoms. The van der Waals surface area contributed by atoms with Crippen molar-refractivity contribution in [2.24, 2.45) is 0 Å². The number of aromatic nitrogens is 5. The van der Waals surface area contributed by atoms with Crippen LogP contribution in [0, 0.1) is 6.92 Å². The Hall–Kier alpha value is -3.30. The van der Waals surface area contributed by atoms with Gasteiger partial charge in [0.15, 0.2) is 5.82 Å². The zero-order valence-corrected chi connectivity index (χ0v) is 18.0. The van der Waals surface area contributed by atoms with Gasteiger partial charge in [-0.2, -0.15) is 0 Å². The van der Waals surface area contributed by atoms with Gasteiger partial charge in [0, 0.05) is 24.2 Å². The smallest absolute Gasteiger partial charge is 0.252 e. The van der Waals surface area contributed by atoms with Crippen LogP contribution in [0.3, 0.4) is 0 Å². The lowest BCUT2D eigenvalue weighted by molar-refractivity contribution is 0.0913. The summed E-state index contributed by atoms with van der Waals surface area (Å²) in [6.45, 7) is 4.91. The summed E-state index contributed by atoms with van der Waals surface area (Å²) in [6, 6.07) is 11.8. The van der Waals surface area contributed by atoms with Gasteiger partial charge in [-0.05, 0) is 65.9 Å². The second-order valence-electron chi connectivity index (χ2n) is 8.35. The van der Waals surface area contributed by atoms with Crippen molar-refractivity contribution in [3.63, 3.8) is 0 Å². The molecule has 166 valence electrons. The maximum atomic E-state index is 12.8. The number of hydrogen-bond acceptors (Lipinski definition) is 7. The molecule has 5 rings (SSSR count). The van der Waals surface area contributed by atoms with Gasteiger partial charge in [-0.3, -0.25) is 9.69 Å². The minimum Gasteiger partial charge on any atom is -0.468 e. The Morgan fingerprint density at radius 2 is 2.16 bits per heavy atom. The van der Waals surface area contributed by atoms with Crippen LogP contribution in [0.2, 0.25) is 0 Å². The van der Waals surface area contributed by atoms with Gasteiger partial charge in [0.25, 0.3) is 5.56 Å². The highest BCUT2D eigenvalue weighted by Gasteiger charge is 2.21. The highest BCUT2D eigenvalue weighted by Crippen LogP contribution is 2.18. The van der Waals surface area contributed by atoms with E-state index in [0.717, 1.165) is 47.5 Å². The van der Waals surface area contributed by atoms with Gasteiger partial charge in [-0.15, -0.1) is 5.10 Å². The van der Waals surface area contributed by atoms with Crippen LogP contribution < -0.4 is 5.56 Å². The highest BCUT2D eigenvalue weighted by atomic mass is 16.5. The maximum absolute atomic E-state index is 12.8. The Balaban J connectivity index is 1.41. The van der Waals surface area contributed by atoms with Crippen LogP contribution in [0.25, 0.3) is 10.9 Å². The number of ether oxygens (including phenoxy) is 1. The molecule has 0 bridgehead atoms. The number of fused-ring (bicyclic) bond motifs is 1. The van der Waals surface area contributed by atoms with Crippen molar-refractivity contribution >= 4 is 10.9 Å². The molecule has 1 aromatic carbocycles. The zero-order valence-electron chi connectivity index (χ0n) is 18.0. The number of nitrogens with zero attached hydrogens (tertiary/aromatic N) is 5. The summed E-state index contributed by atoms with van der Waals surface area (Å²) >= 11 is 0. The third-order valence-electron chi connectivity index (χ3n) is 5.80. The summed E-state index contributed by atoms with van der Waals surface area (Å²) in [6.07, 6.45) is 3.88. The molecule has 4 aromatic rings. The number of pyridine rings is 1. The van der Waals surface area contributed by atoms with Crippen LogP contribution in [0.1, 0.15) is 35.6 Å². The van der Waals surface area contributed by atoms with Gasteiger partial charge in [0.2, 0.25) is 0 Å². The molecule has 3 aromatic heterocycles. The fraction of sp³-hybridized carbons (Fsp3) is 0.391. The fourth-order valence-corrected chi connectivity index (χ4v) is 4.18. The number of H-pyrrole nitrogens is 1. The number of hydrogen-bond donors (Lipinski definition) is 1. The molecule has 4 heterocycles. The fourth-order valence-electron chi connectivity index (χ4n) is 4.18. The lowest BCUT2D eigenvalue weighted by Crippen LogP contribution is -2.28. The molecule has 1 atom stereocenters. The quantitative estimate of drug-likeness (QED) is 0.455. The average Bonchev–Trinajstić information content (AvgIpc) is 3.54. The molecule has 1 saturated heterocycles. The monoisotopic (exact) mass is 434 g/mol. The molecule has 32 heavy (non-hydrogen) atoms. The molecule has 1 N–H and O–H groups in total. The standard InChI is InChI=1S/C23H26N6O3/c1-16-6-7-21-17(10-16)11-18(23(30)24-21)12-28(13-19-4-2-8-31-19)15-22-25-26-27-29(22)14-20-5-3-9-32-20/h2,4,6-8,10-11,20H,3,5,9,12-15H2,1H3,(H,24,30). The van der Waals surface area contributed by atoms with E-state index in [2.05, 4.69) is 31.5 Å². The Kier molecular flexibility index (Phi) is 5.83. The van der Waals surface area contributed by atoms with Crippen molar-refractivity contribution < 1.29 is 9.15 Å². The van der Waals surface area contributed by atoms with E-state index in [0.29, 0.717) is 31.7 Å². The molecule has 0 radical (unpaired) electrons. The first-order valence-corrected chi connectivity index (χ1v) is 10.9. The van der Waals surface area contributed by atoms with Crippen molar-refractivity contribution in [3.05, 3.63) is 75.7 Å². The van der Waals surface area contributed by atoms with E-state index in [-0.39, 0.29) is 11.7 Å². The minimum atomic E-state index is -0.0928. The van der Waals surface area contributed by atoms with Crippen LogP contribution >= 0.6 is 0 Å². The topological polar surface area (TPSA) is 102 Å². The molecule has 0 amide bonds. The normalized spacial score (nSPS) is 16.4. The Morgan fingerprint density at radius 3 is 2.97 bits per heavy atom. The summed E-state index contributed by atoms with van der Waals surface area (Å²) in [7, 11) is 0. The van der Waals surface area contributed by atoms with E-state index < -0.39 is 0 Å². The van der Waals surface area contributed by atoms with Crippen molar-refractivity contribution in [1.82, 2.24) is 30.1 Å². The van der Waals surface area contributed by atoms with E-state index in [1.165, 1.54) is 0 Å². The Bertz CT molecular complexity index is 1240. The maximum Gasteiger partial charge on any atom is 0.252 e. The molecule has 1 fully saturated rings. The molecular formula is C23H26N6O3. The number of rotatable bonds is 8. The lowest BCUT2D eigenvalue weighted by atomic mass is 10.1. The van der Waals surface area contributed by atoms with Crippen LogP contribution in [0.5, 0.6) is 0 Å². The third-order valence-corrected chi connectivity index (χ3v) is 5.80. The van der Waals surface area contributed by atoms with Crippen molar-refractivity contribution in [3.8, 4) is 0 Å². The van der Waals surface area contributed by atoms with Crippen molar-refractivity contribution in [2.45, 2.75) is 52.0 Å². The van der Waals surface area contributed by atoms with Gasteiger partial charge >= 0.3 is 0 Å². The number of aromatic amines is 1. The first-order valence-electron chi connectivity index (χ1n) is 10.9. The zero-order chi connectivity index (χ0) is 21.9. The van der Waals surface area contributed by atoms with Crippen LogP contribution in [-0.2, 0) is 30.9 Å². The number of nitrogens with one attached hydrogen (secondary N) is 1. The number of furan rings is 1. The minimum absolute atomic E-state index is 0.0928. The molecule has 9 nitrogen and oxygen atoms in total. The molecule has 1 unspecified atom stereocenters. The van der Waals surface area contributed by atoms with Crippen LogP contribution in [0.4, 0.5) is 0 Å². The second-order valence-corrected chi connectivity index (χ2v) is 8.35. The van der Waals surface area contributed by atoms with Gasteiger partial charge in [-0.25, -0.2) is 4.68 Å². The Morgan fingerprint density at radius 1 is 1.22 bits per heavy atom. The summed E-state index contributed by atoms with van der Waals surface area (Å²) in [5, 5.41) is 13.3. The van der Waals surface area contributed by atoms with E-state index in [1.807, 2.05) is 37.3 Å². The summed E-state index contributed by atoms with van der Waals surface area (Å²) < 4.78 is 13.1. The SMILES string of the molecule is Cc1ccc2[nH]c(=O)c(CN(Cc3ccco3)Cc3nnnn3CC3CCCO3)cc2c1. The number of benzene rings is 1. The Labute approximate surface area is 185 Å². The summed E-state index contributed by atoms with van der Waals surface area (Å²) in [5.74, 6) is 1.55. The van der Waals surface area contributed by atoms with Gasteiger partial charge in [-0.1, -0.05) is 11.6 Å². The van der Waals surface area contributed by atoms with E-state index >= 15 is 0 Å². The largest absolute Gasteiger partial charge is 0.468 e. The first-order chi connectivity index (χ1) is 15.6. The predicted octanol–water partition coefficient (Wildman–Crippen LogP) is 2.80. The molecule has 1 aliphatic rings. The predicted molar refractivity (Wildman–Crippen MR) is 118 cm³/mol. The average molecular weight is 435 g/mol. The first kappa shape index (κ1) is 20.6. The number of aryl methyl sites for hydroxylation is 1. The molecule has 0 aliphatic carbocycles. The highest BCUT2D eigenvalue weighted by molar-refractivity contribution is 5.79. The molecule has 1 aliphatic heterocycles. The van der Waals surface area contributed by atoms with Gasteiger partial charge in [0.05, 0.1) is 32.0 Å². The van der Waals surface area contributed by atoms with Gasteiger partial charge in [0.1, 0.15) is 5.76 Å². The van der Waals surface area contributed by atoms with E-state index in [9.17, 15) is 4.79 Å². The van der Waals surface area contributed by atoms with E-state index in [1.54, 1.807) is 10.9 Å².